The molecule has 2 heterocycles. The molecule has 0 aliphatic carbocycles. The van der Waals surface area contributed by atoms with Gasteiger partial charge in [-0.25, -0.2) is 4.98 Å². The summed E-state index contributed by atoms with van der Waals surface area (Å²) in [4.78, 5) is 11.5. The average Bonchev–Trinajstić information content (AvgIpc) is 3.01. The van der Waals surface area contributed by atoms with Crippen LogP contribution in [0.1, 0.15) is 16.8 Å². The van der Waals surface area contributed by atoms with Gasteiger partial charge in [-0.2, -0.15) is 4.98 Å². The van der Waals surface area contributed by atoms with Gasteiger partial charge in [0.1, 0.15) is 5.82 Å². The van der Waals surface area contributed by atoms with Crippen molar-refractivity contribution in [1.29, 1.82) is 0 Å². The fourth-order valence-corrected chi connectivity index (χ4v) is 3.44. The van der Waals surface area contributed by atoms with Crippen LogP contribution in [0.2, 0.25) is 5.02 Å². The van der Waals surface area contributed by atoms with Crippen LogP contribution in [0.4, 0.5) is 23.1 Å². The molecule has 0 saturated carbocycles. The molecule has 4 rings (SSSR count). The number of benzene rings is 2. The van der Waals surface area contributed by atoms with Gasteiger partial charge < -0.3 is 10.2 Å². The van der Waals surface area contributed by atoms with Gasteiger partial charge in [-0.1, -0.05) is 29.8 Å². The van der Waals surface area contributed by atoms with E-state index in [0.717, 1.165) is 40.8 Å². The summed E-state index contributed by atoms with van der Waals surface area (Å²) < 4.78 is 0. The van der Waals surface area contributed by atoms with E-state index in [2.05, 4.69) is 39.5 Å². The first-order chi connectivity index (χ1) is 12.1. The van der Waals surface area contributed by atoms with E-state index in [9.17, 15) is 0 Å². The molecule has 0 fully saturated rings. The number of fused-ring (bicyclic) bond motifs is 1. The van der Waals surface area contributed by atoms with Crippen LogP contribution in [-0.2, 0) is 6.42 Å². The van der Waals surface area contributed by atoms with Crippen molar-refractivity contribution in [1.82, 2.24) is 9.97 Å². The molecule has 0 unspecified atom stereocenters. The Morgan fingerprint density at radius 2 is 1.88 bits per heavy atom. The Balaban J connectivity index is 1.68. The Kier molecular flexibility index (Phi) is 4.06. The van der Waals surface area contributed by atoms with Gasteiger partial charge in [0.05, 0.1) is 0 Å². The molecular weight excluding hydrogens is 332 g/mol. The molecule has 0 saturated heterocycles. The number of hydrogen-bond donors (Lipinski definition) is 1. The quantitative estimate of drug-likeness (QED) is 0.706. The number of halogens is 1. The van der Waals surface area contributed by atoms with Crippen LogP contribution in [0.5, 0.6) is 0 Å². The van der Waals surface area contributed by atoms with E-state index in [1.165, 1.54) is 11.3 Å². The van der Waals surface area contributed by atoms with Crippen molar-refractivity contribution < 1.29 is 0 Å². The first kappa shape index (κ1) is 15.9. The molecule has 1 aliphatic rings. The zero-order valence-electron chi connectivity index (χ0n) is 14.3. The number of aryl methyl sites for hydroxylation is 2. The molecule has 4 nitrogen and oxygen atoms in total. The first-order valence-electron chi connectivity index (χ1n) is 8.34. The smallest absolute Gasteiger partial charge is 0.229 e. The van der Waals surface area contributed by atoms with E-state index in [-0.39, 0.29) is 0 Å². The summed E-state index contributed by atoms with van der Waals surface area (Å²) in [6.45, 7) is 4.95. The monoisotopic (exact) mass is 350 g/mol. The Bertz CT molecular complexity index is 939. The molecule has 1 aliphatic heterocycles. The highest BCUT2D eigenvalue weighted by molar-refractivity contribution is 6.30. The molecule has 5 heteroatoms. The summed E-state index contributed by atoms with van der Waals surface area (Å²) in [6.07, 6.45) is 1.04. The number of hydrogen-bond acceptors (Lipinski definition) is 4. The lowest BCUT2D eigenvalue weighted by Crippen LogP contribution is -2.16. The van der Waals surface area contributed by atoms with E-state index in [1.807, 2.05) is 38.1 Å². The Hall–Kier alpha value is -2.59. The predicted molar refractivity (Wildman–Crippen MR) is 103 cm³/mol. The number of nitrogens with one attached hydrogen (secondary N) is 1. The zero-order chi connectivity index (χ0) is 17.4. The van der Waals surface area contributed by atoms with Crippen LogP contribution in [0.15, 0.2) is 48.5 Å². The summed E-state index contributed by atoms with van der Waals surface area (Å²) in [6, 6.07) is 16.3. The van der Waals surface area contributed by atoms with Crippen molar-refractivity contribution >= 4 is 34.7 Å². The van der Waals surface area contributed by atoms with Gasteiger partial charge in [-0.15, -0.1) is 0 Å². The third kappa shape index (κ3) is 3.17. The normalized spacial score (nSPS) is 13.0. The van der Waals surface area contributed by atoms with Gasteiger partial charge in [-0.3, -0.25) is 0 Å². The lowest BCUT2D eigenvalue weighted by molar-refractivity contribution is 0.959. The molecule has 1 aromatic heterocycles. The third-order valence-electron chi connectivity index (χ3n) is 4.44. The van der Waals surface area contributed by atoms with Crippen LogP contribution in [0, 0.1) is 13.8 Å². The molecule has 1 N–H and O–H groups in total. The van der Waals surface area contributed by atoms with Crippen LogP contribution < -0.4 is 10.2 Å². The van der Waals surface area contributed by atoms with Crippen molar-refractivity contribution in [2.24, 2.45) is 0 Å². The largest absolute Gasteiger partial charge is 0.326 e. The second-order valence-electron chi connectivity index (χ2n) is 6.31. The number of anilines is 4. The fourth-order valence-electron chi connectivity index (χ4n) is 3.21. The van der Waals surface area contributed by atoms with Gasteiger partial charge in [0, 0.05) is 34.7 Å². The molecule has 0 spiro atoms. The number of para-hydroxylation sites is 1. The maximum atomic E-state index is 6.04. The van der Waals surface area contributed by atoms with Gasteiger partial charge in [0.15, 0.2) is 0 Å². The highest BCUT2D eigenvalue weighted by atomic mass is 35.5. The second kappa shape index (κ2) is 6.37. The molecule has 0 radical (unpaired) electrons. The number of aromatic nitrogens is 2. The lowest BCUT2D eigenvalue weighted by Gasteiger charge is -2.19. The highest BCUT2D eigenvalue weighted by Gasteiger charge is 2.21. The fraction of sp³-hybridized carbons (Fsp3) is 0.200. The molecule has 126 valence electrons. The van der Waals surface area contributed by atoms with E-state index in [0.29, 0.717) is 5.95 Å². The topological polar surface area (TPSA) is 41.1 Å². The summed E-state index contributed by atoms with van der Waals surface area (Å²) in [5.74, 6) is 1.52. The SMILES string of the molecule is Cc1cc(N2CCc3ccccc32)nc(Nc2ccc(Cl)cc2C)n1. The minimum Gasteiger partial charge on any atom is -0.326 e. The first-order valence-corrected chi connectivity index (χ1v) is 8.72. The highest BCUT2D eigenvalue weighted by Crippen LogP contribution is 2.34. The van der Waals surface area contributed by atoms with Crippen LogP contribution in [0.25, 0.3) is 0 Å². The van der Waals surface area contributed by atoms with Crippen molar-refractivity contribution in [3.8, 4) is 0 Å². The molecular formula is C20H19ClN4. The Morgan fingerprint density at radius 1 is 1.04 bits per heavy atom. The molecule has 25 heavy (non-hydrogen) atoms. The summed E-state index contributed by atoms with van der Waals surface area (Å²) >= 11 is 6.04. The predicted octanol–water partition coefficient (Wildman–Crippen LogP) is 5.18. The molecule has 2 aromatic carbocycles. The summed E-state index contributed by atoms with van der Waals surface area (Å²) in [5.41, 5.74) is 5.55. The third-order valence-corrected chi connectivity index (χ3v) is 4.67. The van der Waals surface area contributed by atoms with Crippen molar-refractivity contribution in [2.45, 2.75) is 20.3 Å². The van der Waals surface area contributed by atoms with E-state index in [1.54, 1.807) is 0 Å². The van der Waals surface area contributed by atoms with Gasteiger partial charge in [0.2, 0.25) is 5.95 Å². The second-order valence-corrected chi connectivity index (χ2v) is 6.74. The minimum absolute atomic E-state index is 0.602. The molecule has 3 aromatic rings. The van der Waals surface area contributed by atoms with Crippen molar-refractivity contribution in [3.05, 3.63) is 70.4 Å². The number of nitrogens with zero attached hydrogens (tertiary/aromatic N) is 3. The standard InChI is InChI=1S/C20H19ClN4/c1-13-11-16(21)7-8-17(13)23-20-22-14(2)12-19(24-20)25-10-9-15-5-3-4-6-18(15)25/h3-8,11-12H,9-10H2,1-2H3,(H,22,23,24). The van der Waals surface area contributed by atoms with Gasteiger partial charge >= 0.3 is 0 Å². The Morgan fingerprint density at radius 3 is 2.72 bits per heavy atom. The molecule has 0 bridgehead atoms. The maximum absolute atomic E-state index is 6.04. The van der Waals surface area contributed by atoms with Gasteiger partial charge in [-0.05, 0) is 55.7 Å². The van der Waals surface area contributed by atoms with E-state index in [4.69, 9.17) is 16.6 Å². The minimum atomic E-state index is 0.602. The average molecular weight is 351 g/mol. The van der Waals surface area contributed by atoms with Crippen molar-refractivity contribution in [2.75, 3.05) is 16.8 Å². The lowest BCUT2D eigenvalue weighted by atomic mass is 10.2. The summed E-state index contributed by atoms with van der Waals surface area (Å²) in [7, 11) is 0. The van der Waals surface area contributed by atoms with Crippen LogP contribution >= 0.6 is 11.6 Å². The van der Waals surface area contributed by atoms with E-state index >= 15 is 0 Å². The summed E-state index contributed by atoms with van der Waals surface area (Å²) in [5, 5.41) is 4.05. The zero-order valence-corrected chi connectivity index (χ0v) is 15.0. The van der Waals surface area contributed by atoms with Crippen LogP contribution in [-0.4, -0.2) is 16.5 Å². The van der Waals surface area contributed by atoms with Crippen molar-refractivity contribution in [3.63, 3.8) is 0 Å². The van der Waals surface area contributed by atoms with Gasteiger partial charge in [0.25, 0.3) is 0 Å². The van der Waals surface area contributed by atoms with E-state index < -0.39 is 0 Å². The molecule has 0 amide bonds. The van der Waals surface area contributed by atoms with Crippen LogP contribution in [0.3, 0.4) is 0 Å². The Labute approximate surface area is 152 Å². The molecule has 0 atom stereocenters. The number of rotatable bonds is 3. The maximum Gasteiger partial charge on any atom is 0.229 e.